The first-order valence-electron chi connectivity index (χ1n) is 7.36. The summed E-state index contributed by atoms with van der Waals surface area (Å²) in [7, 11) is 0. The van der Waals surface area contributed by atoms with Crippen LogP contribution in [0.25, 0.3) is 0 Å². The number of nitrogens with zero attached hydrogens (tertiary/aromatic N) is 3. The highest BCUT2D eigenvalue weighted by Gasteiger charge is 2.42. The summed E-state index contributed by atoms with van der Waals surface area (Å²) in [5, 5.41) is 9.98. The molecule has 0 spiro atoms. The number of hydrogen-bond donors (Lipinski definition) is 1. The molecule has 6 heteroatoms. The molecule has 0 aromatic carbocycles. The van der Waals surface area contributed by atoms with Gasteiger partial charge in [-0.3, -0.25) is 4.90 Å². The standard InChI is InChI=1S/C14H19N3O2S/c18-12-8-17-7-10(12)3-4-11(17)13-14(16-20-15-13)19-6-5-9-1-2-9/h5,10-12,18H,1-4,6-8H2. The maximum Gasteiger partial charge on any atom is 0.251 e. The van der Waals surface area contributed by atoms with Crippen LogP contribution in [-0.2, 0) is 0 Å². The fraction of sp³-hybridized carbons (Fsp3) is 0.714. The summed E-state index contributed by atoms with van der Waals surface area (Å²) in [5.41, 5.74) is 2.45. The van der Waals surface area contributed by atoms with Gasteiger partial charge in [-0.25, -0.2) is 0 Å². The zero-order chi connectivity index (χ0) is 13.5. The Hall–Kier alpha value is -0.980. The minimum atomic E-state index is -0.171. The summed E-state index contributed by atoms with van der Waals surface area (Å²) in [6.45, 7) is 2.34. The maximum atomic E-state index is 9.98. The Labute approximate surface area is 122 Å². The van der Waals surface area contributed by atoms with Gasteiger partial charge in [0.05, 0.1) is 23.9 Å². The number of allylic oxidation sites excluding steroid dienone is 1. The summed E-state index contributed by atoms with van der Waals surface area (Å²) in [4.78, 5) is 2.34. The molecule has 2 bridgehead atoms. The molecule has 0 radical (unpaired) electrons. The molecule has 20 heavy (non-hydrogen) atoms. The summed E-state index contributed by atoms with van der Waals surface area (Å²) >= 11 is 1.23. The third-order valence-corrected chi connectivity index (χ3v) is 5.14. The van der Waals surface area contributed by atoms with E-state index in [1.54, 1.807) is 0 Å². The van der Waals surface area contributed by atoms with Crippen LogP contribution >= 0.6 is 11.7 Å². The lowest BCUT2D eigenvalue weighted by molar-refractivity contribution is 0.144. The van der Waals surface area contributed by atoms with Gasteiger partial charge in [0.2, 0.25) is 0 Å². The lowest BCUT2D eigenvalue weighted by Crippen LogP contribution is -2.31. The average molecular weight is 293 g/mol. The van der Waals surface area contributed by atoms with Gasteiger partial charge in [0.15, 0.2) is 0 Å². The van der Waals surface area contributed by atoms with E-state index in [-0.39, 0.29) is 12.1 Å². The van der Waals surface area contributed by atoms with Crippen molar-refractivity contribution in [3.63, 3.8) is 0 Å². The van der Waals surface area contributed by atoms with E-state index in [4.69, 9.17) is 4.74 Å². The molecular formula is C14H19N3O2S. The summed E-state index contributed by atoms with van der Waals surface area (Å²) in [6.07, 6.45) is 6.55. The number of hydrogen-bond acceptors (Lipinski definition) is 6. The largest absolute Gasteiger partial charge is 0.471 e. The number of aromatic nitrogens is 2. The second-order valence-corrected chi connectivity index (χ2v) is 6.53. The summed E-state index contributed by atoms with van der Waals surface area (Å²) in [5.74, 6) is 1.14. The van der Waals surface area contributed by atoms with Gasteiger partial charge in [0.1, 0.15) is 12.3 Å². The molecule has 0 amide bonds. The first kappa shape index (κ1) is 12.7. The zero-order valence-corrected chi connectivity index (χ0v) is 12.2. The van der Waals surface area contributed by atoms with E-state index in [2.05, 4.69) is 19.7 Å². The maximum absolute atomic E-state index is 9.98. The van der Waals surface area contributed by atoms with Crippen molar-refractivity contribution in [3.8, 4) is 5.88 Å². The predicted molar refractivity (Wildman–Crippen MR) is 75.8 cm³/mol. The van der Waals surface area contributed by atoms with Crippen LogP contribution in [0.4, 0.5) is 0 Å². The topological polar surface area (TPSA) is 58.5 Å². The Bertz CT molecular complexity index is 522. The van der Waals surface area contributed by atoms with E-state index in [0.29, 0.717) is 18.4 Å². The average Bonchev–Trinajstić information content (AvgIpc) is 3.08. The number of ether oxygens (including phenoxy) is 1. The third kappa shape index (κ3) is 2.36. The van der Waals surface area contributed by atoms with Crippen LogP contribution in [0.1, 0.15) is 37.4 Å². The Morgan fingerprint density at radius 1 is 1.30 bits per heavy atom. The van der Waals surface area contributed by atoms with Crippen molar-refractivity contribution < 1.29 is 9.84 Å². The van der Waals surface area contributed by atoms with Crippen LogP contribution in [0.2, 0.25) is 0 Å². The molecule has 4 rings (SSSR count). The normalized spacial score (nSPS) is 35.1. The SMILES string of the molecule is OC1CN2CC1CCC2c1nsnc1OCC=C1CC1. The van der Waals surface area contributed by atoms with Crippen molar-refractivity contribution >= 4 is 11.7 Å². The van der Waals surface area contributed by atoms with Gasteiger partial charge < -0.3 is 9.84 Å². The van der Waals surface area contributed by atoms with Crippen molar-refractivity contribution in [1.29, 1.82) is 0 Å². The highest BCUT2D eigenvalue weighted by Crippen LogP contribution is 2.41. The summed E-state index contributed by atoms with van der Waals surface area (Å²) in [6, 6.07) is 0.269. The highest BCUT2D eigenvalue weighted by atomic mass is 32.1. The van der Waals surface area contributed by atoms with Crippen molar-refractivity contribution in [3.05, 3.63) is 17.3 Å². The van der Waals surface area contributed by atoms with Crippen LogP contribution in [0.3, 0.4) is 0 Å². The van der Waals surface area contributed by atoms with Crippen LogP contribution in [-0.4, -0.2) is 44.6 Å². The van der Waals surface area contributed by atoms with Gasteiger partial charge in [0, 0.05) is 13.1 Å². The van der Waals surface area contributed by atoms with Gasteiger partial charge in [-0.15, -0.1) is 4.37 Å². The first-order valence-corrected chi connectivity index (χ1v) is 8.09. The molecule has 3 aliphatic rings. The summed E-state index contributed by atoms with van der Waals surface area (Å²) < 4.78 is 14.5. The molecule has 3 heterocycles. The molecule has 108 valence electrons. The predicted octanol–water partition coefficient (Wildman–Crippen LogP) is 1.76. The minimum absolute atomic E-state index is 0.171. The molecule has 1 aliphatic carbocycles. The molecule has 1 saturated carbocycles. The second kappa shape index (κ2) is 5.09. The molecule has 3 fully saturated rings. The number of rotatable bonds is 4. The third-order valence-electron chi connectivity index (χ3n) is 4.61. The van der Waals surface area contributed by atoms with Gasteiger partial charge in [-0.2, -0.15) is 4.37 Å². The Morgan fingerprint density at radius 2 is 2.20 bits per heavy atom. The quantitative estimate of drug-likeness (QED) is 0.857. The van der Waals surface area contributed by atoms with Crippen molar-refractivity contribution in [2.24, 2.45) is 5.92 Å². The number of aliphatic hydroxyl groups excluding tert-OH is 1. The Balaban J connectivity index is 1.47. The van der Waals surface area contributed by atoms with E-state index in [1.807, 2.05) is 0 Å². The smallest absolute Gasteiger partial charge is 0.251 e. The lowest BCUT2D eigenvalue weighted by atomic mass is 9.93. The molecular weight excluding hydrogens is 274 g/mol. The first-order chi connectivity index (χ1) is 9.81. The second-order valence-electron chi connectivity index (χ2n) is 6.00. The fourth-order valence-electron chi connectivity index (χ4n) is 3.29. The molecule has 2 aliphatic heterocycles. The van der Waals surface area contributed by atoms with Crippen LogP contribution < -0.4 is 4.74 Å². The van der Waals surface area contributed by atoms with E-state index < -0.39 is 0 Å². The van der Waals surface area contributed by atoms with E-state index >= 15 is 0 Å². The molecule has 2 saturated heterocycles. The number of fused-ring (bicyclic) bond motifs is 2. The molecule has 4 atom stereocenters. The van der Waals surface area contributed by atoms with Crippen molar-refractivity contribution in [2.75, 3.05) is 19.7 Å². The van der Waals surface area contributed by atoms with Gasteiger partial charge in [0.25, 0.3) is 5.88 Å². The molecule has 1 N–H and O–H groups in total. The van der Waals surface area contributed by atoms with Crippen LogP contribution in [0, 0.1) is 5.92 Å². The molecule has 5 nitrogen and oxygen atoms in total. The fourth-order valence-corrected chi connectivity index (χ4v) is 3.84. The lowest BCUT2D eigenvalue weighted by Gasteiger charge is -2.30. The van der Waals surface area contributed by atoms with Crippen molar-refractivity contribution in [1.82, 2.24) is 13.6 Å². The van der Waals surface area contributed by atoms with Crippen LogP contribution in [0.5, 0.6) is 5.88 Å². The zero-order valence-electron chi connectivity index (χ0n) is 11.4. The van der Waals surface area contributed by atoms with Gasteiger partial charge in [-0.1, -0.05) is 5.57 Å². The van der Waals surface area contributed by atoms with E-state index in [0.717, 1.165) is 31.6 Å². The van der Waals surface area contributed by atoms with E-state index in [9.17, 15) is 5.11 Å². The van der Waals surface area contributed by atoms with Gasteiger partial charge >= 0.3 is 0 Å². The molecule has 1 aromatic heterocycles. The van der Waals surface area contributed by atoms with E-state index in [1.165, 1.54) is 30.1 Å². The molecule has 4 unspecified atom stereocenters. The minimum Gasteiger partial charge on any atom is -0.471 e. The Kier molecular flexibility index (Phi) is 3.24. The number of aliphatic hydroxyl groups is 1. The highest BCUT2D eigenvalue weighted by molar-refractivity contribution is 6.99. The van der Waals surface area contributed by atoms with Crippen molar-refractivity contribution in [2.45, 2.75) is 37.8 Å². The number of piperidine rings is 1. The van der Waals surface area contributed by atoms with Crippen LogP contribution in [0.15, 0.2) is 11.6 Å². The Morgan fingerprint density at radius 3 is 3.05 bits per heavy atom. The monoisotopic (exact) mass is 293 g/mol. The molecule has 1 aromatic rings. The van der Waals surface area contributed by atoms with Gasteiger partial charge in [-0.05, 0) is 37.7 Å².